The van der Waals surface area contributed by atoms with Gasteiger partial charge >= 0.3 is 0 Å². The molecule has 0 saturated heterocycles. The van der Waals surface area contributed by atoms with E-state index in [4.69, 9.17) is 12.2 Å². The first kappa shape index (κ1) is 15.3. The van der Waals surface area contributed by atoms with Crippen molar-refractivity contribution >= 4 is 17.9 Å². The largest absolute Gasteiger partial charge is 0.371 e. The number of hydrogen-bond acceptors (Lipinski definition) is 4. The molecule has 1 rings (SSSR count). The fourth-order valence-corrected chi connectivity index (χ4v) is 2.35. The molecular formula is C14H24N2OS. The number of nitrogens with zero attached hydrogens (tertiary/aromatic N) is 2. The zero-order valence-corrected chi connectivity index (χ0v) is 12.6. The lowest BCUT2D eigenvalue weighted by molar-refractivity contribution is 0.283. The fraction of sp³-hybridized carbons (Fsp3) is 0.714. The van der Waals surface area contributed by atoms with E-state index in [0.717, 1.165) is 31.7 Å². The average Bonchev–Trinajstić information content (AvgIpc) is 2.38. The van der Waals surface area contributed by atoms with E-state index >= 15 is 0 Å². The van der Waals surface area contributed by atoms with Crippen LogP contribution in [0, 0.1) is 4.51 Å². The zero-order valence-electron chi connectivity index (χ0n) is 11.7. The van der Waals surface area contributed by atoms with E-state index in [1.807, 2.05) is 11.9 Å². The Morgan fingerprint density at radius 1 is 1.17 bits per heavy atom. The van der Waals surface area contributed by atoms with Crippen LogP contribution in [-0.2, 0) is 0 Å². The van der Waals surface area contributed by atoms with Gasteiger partial charge in [-0.2, -0.15) is 0 Å². The molecule has 0 aliphatic carbocycles. The predicted molar refractivity (Wildman–Crippen MR) is 80.8 cm³/mol. The normalized spacial score (nSPS) is 11.3. The summed E-state index contributed by atoms with van der Waals surface area (Å²) in [6.07, 6.45) is 3.52. The highest BCUT2D eigenvalue weighted by Crippen LogP contribution is 2.10. The van der Waals surface area contributed by atoms with Crippen molar-refractivity contribution in [3.05, 3.63) is 20.8 Å². The van der Waals surface area contributed by atoms with Gasteiger partial charge in [-0.25, -0.2) is 0 Å². The minimum atomic E-state index is 0.0358. The van der Waals surface area contributed by atoms with Gasteiger partial charge in [-0.3, -0.25) is 4.79 Å². The molecule has 0 radical (unpaired) electrons. The summed E-state index contributed by atoms with van der Waals surface area (Å²) in [5.74, 6) is 0. The molecule has 1 aromatic carbocycles. The predicted octanol–water partition coefficient (Wildman–Crippen LogP) is 2.60. The SMILES string of the molecule is CCCN(CC)CCCCN(C)c1cc(=S)c1=O. The maximum atomic E-state index is 11.4. The molecule has 4 heteroatoms. The lowest BCUT2D eigenvalue weighted by Crippen LogP contribution is -2.29. The van der Waals surface area contributed by atoms with Crippen LogP contribution in [0.4, 0.5) is 5.69 Å². The van der Waals surface area contributed by atoms with Crippen LogP contribution >= 0.6 is 12.2 Å². The third kappa shape index (κ3) is 4.18. The van der Waals surface area contributed by atoms with E-state index in [1.165, 1.54) is 19.4 Å². The Morgan fingerprint density at radius 2 is 1.83 bits per heavy atom. The van der Waals surface area contributed by atoms with Crippen LogP contribution in [-0.4, -0.2) is 38.1 Å². The molecule has 3 nitrogen and oxygen atoms in total. The van der Waals surface area contributed by atoms with Crippen molar-refractivity contribution in [1.29, 1.82) is 0 Å². The second kappa shape index (κ2) is 7.64. The lowest BCUT2D eigenvalue weighted by Gasteiger charge is -2.22. The summed E-state index contributed by atoms with van der Waals surface area (Å²) >= 11 is 4.86. The second-order valence-electron chi connectivity index (χ2n) is 4.79. The summed E-state index contributed by atoms with van der Waals surface area (Å²) in [5, 5.41) is 0. The Hall–Kier alpha value is -0.740. The van der Waals surface area contributed by atoms with Crippen molar-refractivity contribution < 1.29 is 0 Å². The molecule has 0 atom stereocenters. The molecule has 0 amide bonds. The summed E-state index contributed by atoms with van der Waals surface area (Å²) < 4.78 is 0.469. The van der Waals surface area contributed by atoms with Gasteiger partial charge in [0.1, 0.15) is 0 Å². The van der Waals surface area contributed by atoms with E-state index in [2.05, 4.69) is 18.7 Å². The third-order valence-corrected chi connectivity index (χ3v) is 3.64. The van der Waals surface area contributed by atoms with E-state index in [0.29, 0.717) is 4.51 Å². The first-order chi connectivity index (χ1) is 8.60. The van der Waals surface area contributed by atoms with Crippen molar-refractivity contribution in [2.45, 2.75) is 33.1 Å². The average molecular weight is 268 g/mol. The molecule has 0 unspecified atom stereocenters. The van der Waals surface area contributed by atoms with Crippen LogP contribution in [0.3, 0.4) is 0 Å². The quantitative estimate of drug-likeness (QED) is 0.507. The van der Waals surface area contributed by atoms with Crippen LogP contribution in [0.15, 0.2) is 10.9 Å². The van der Waals surface area contributed by atoms with Gasteiger partial charge in [0.25, 0.3) is 0 Å². The molecule has 0 saturated carbocycles. The van der Waals surface area contributed by atoms with Gasteiger partial charge in [0, 0.05) is 13.6 Å². The van der Waals surface area contributed by atoms with Gasteiger partial charge in [0.15, 0.2) is 0 Å². The third-order valence-electron chi connectivity index (χ3n) is 3.34. The second-order valence-corrected chi connectivity index (χ2v) is 5.23. The minimum Gasteiger partial charge on any atom is -0.371 e. The van der Waals surface area contributed by atoms with E-state index < -0.39 is 0 Å². The van der Waals surface area contributed by atoms with Crippen molar-refractivity contribution in [3.8, 4) is 0 Å². The Labute approximate surface area is 115 Å². The van der Waals surface area contributed by atoms with Crippen molar-refractivity contribution in [1.82, 2.24) is 4.90 Å². The summed E-state index contributed by atoms with van der Waals surface area (Å²) in [4.78, 5) is 15.9. The molecule has 0 aliphatic rings. The van der Waals surface area contributed by atoms with Crippen molar-refractivity contribution in [2.75, 3.05) is 38.1 Å². The van der Waals surface area contributed by atoms with Gasteiger partial charge in [0.05, 0.1) is 10.2 Å². The molecular weight excluding hydrogens is 244 g/mol. The number of unbranched alkanes of at least 4 members (excludes halogenated alkanes) is 1. The van der Waals surface area contributed by atoms with Crippen LogP contribution < -0.4 is 10.3 Å². The maximum Gasteiger partial charge on any atom is 0.219 e. The van der Waals surface area contributed by atoms with Gasteiger partial charge in [-0.05, 0) is 45.0 Å². The molecule has 0 bridgehead atoms. The Kier molecular flexibility index (Phi) is 6.50. The molecule has 102 valence electrons. The molecule has 0 aromatic heterocycles. The number of anilines is 1. The molecule has 0 spiro atoms. The van der Waals surface area contributed by atoms with Crippen molar-refractivity contribution in [3.63, 3.8) is 0 Å². The van der Waals surface area contributed by atoms with Crippen molar-refractivity contribution in [2.24, 2.45) is 0 Å². The number of rotatable bonds is 9. The molecule has 0 aliphatic heterocycles. The Balaban J connectivity index is 2.20. The summed E-state index contributed by atoms with van der Waals surface area (Å²) in [5.41, 5.74) is 0.814. The van der Waals surface area contributed by atoms with E-state index in [9.17, 15) is 4.79 Å². The van der Waals surface area contributed by atoms with Crippen LogP contribution in [0.5, 0.6) is 0 Å². The summed E-state index contributed by atoms with van der Waals surface area (Å²) in [6.45, 7) is 8.83. The maximum absolute atomic E-state index is 11.4. The lowest BCUT2D eigenvalue weighted by atomic mass is 10.2. The minimum absolute atomic E-state index is 0.0358. The molecule has 0 N–H and O–H groups in total. The first-order valence-corrected chi connectivity index (χ1v) is 7.24. The highest BCUT2D eigenvalue weighted by Gasteiger charge is 2.10. The van der Waals surface area contributed by atoms with Gasteiger partial charge in [-0.15, -0.1) is 0 Å². The van der Waals surface area contributed by atoms with E-state index in [-0.39, 0.29) is 5.43 Å². The van der Waals surface area contributed by atoms with Crippen LogP contribution in [0.1, 0.15) is 33.1 Å². The summed E-state index contributed by atoms with van der Waals surface area (Å²) in [7, 11) is 1.97. The first-order valence-electron chi connectivity index (χ1n) is 6.84. The van der Waals surface area contributed by atoms with E-state index in [1.54, 1.807) is 6.07 Å². The molecule has 0 fully saturated rings. The fourth-order valence-electron chi connectivity index (χ4n) is 2.14. The van der Waals surface area contributed by atoms with Crippen LogP contribution in [0.2, 0.25) is 0 Å². The van der Waals surface area contributed by atoms with Crippen LogP contribution in [0.25, 0.3) is 0 Å². The highest BCUT2D eigenvalue weighted by atomic mass is 32.1. The Bertz CT molecular complexity index is 423. The monoisotopic (exact) mass is 268 g/mol. The zero-order chi connectivity index (χ0) is 13.5. The summed E-state index contributed by atoms with van der Waals surface area (Å²) in [6, 6.07) is 1.80. The molecule has 0 heterocycles. The smallest absolute Gasteiger partial charge is 0.219 e. The molecule has 1 aromatic rings. The highest BCUT2D eigenvalue weighted by molar-refractivity contribution is 7.71. The molecule has 18 heavy (non-hydrogen) atoms. The van der Waals surface area contributed by atoms with Gasteiger partial charge in [0.2, 0.25) is 5.43 Å². The van der Waals surface area contributed by atoms with Gasteiger partial charge in [-0.1, -0.05) is 26.1 Å². The standard InChI is InChI=1S/C14H24N2OS/c1-4-8-16(5-2)10-7-6-9-15(3)12-11-13(18)14(12)17/h11H,4-10H2,1-3H3. The topological polar surface area (TPSA) is 23.6 Å². The number of hydrogen-bond donors (Lipinski definition) is 0. The Morgan fingerprint density at radius 3 is 2.33 bits per heavy atom. The van der Waals surface area contributed by atoms with Gasteiger partial charge < -0.3 is 9.80 Å².